The number of ether oxygens (including phenoxy) is 4. The van der Waals surface area contributed by atoms with Gasteiger partial charge in [-0.15, -0.1) is 0 Å². The smallest absolute Gasteiger partial charge is 0.233 e. The summed E-state index contributed by atoms with van der Waals surface area (Å²) in [5.41, 5.74) is 3.79. The van der Waals surface area contributed by atoms with Gasteiger partial charge in [0.15, 0.2) is 23.0 Å². The topological polar surface area (TPSA) is 71.1 Å². The molecule has 0 N–H and O–H groups in total. The molecule has 6 nitrogen and oxygen atoms in total. The molecule has 0 aliphatic heterocycles. The third-order valence-electron chi connectivity index (χ3n) is 16.1. The molecule has 6 heteroatoms. The van der Waals surface area contributed by atoms with Gasteiger partial charge in [-0.05, 0) is 111 Å². The molecule has 0 amide bonds. The predicted octanol–water partition coefficient (Wildman–Crippen LogP) is 22.8. The van der Waals surface area contributed by atoms with Gasteiger partial charge in [0.05, 0.1) is 26.4 Å². The standard InChI is InChI=1S/C78H114O6/c1-5-9-13-17-21-25-29-33-37-41-61-81-73-59-53-69(65-75(73)83-63-43-39-35-31-27-23-19-15-11-7-3)47-45-67-49-55-71(56-50-67)77(79)78(80)72-57-51-68(52-58-72)46-48-70-54-60-74(82-62-42-38-34-30-26-22-18-14-10-6-2)76(66-70)84-64-44-40-36-32-28-24-20-16-12-8-4/h49-60,65-66H,5-44,61-64H2,1-4H3. The minimum absolute atomic E-state index is 0.322. The van der Waals surface area contributed by atoms with Gasteiger partial charge in [0.25, 0.3) is 0 Å². The number of benzene rings is 4. The Labute approximate surface area is 513 Å². The molecule has 0 saturated carbocycles. The van der Waals surface area contributed by atoms with Crippen LogP contribution in [0.25, 0.3) is 0 Å². The Kier molecular flexibility index (Phi) is 41.2. The first-order valence-corrected chi connectivity index (χ1v) is 34.6. The second-order valence-electron chi connectivity index (χ2n) is 23.8. The number of hydrogen-bond acceptors (Lipinski definition) is 6. The lowest BCUT2D eigenvalue weighted by atomic mass is 9.99. The van der Waals surface area contributed by atoms with Gasteiger partial charge in [0.2, 0.25) is 11.6 Å². The quantitative estimate of drug-likeness (QED) is 0.0190. The summed E-state index contributed by atoms with van der Waals surface area (Å²) in [4.78, 5) is 27.0. The SMILES string of the molecule is CCCCCCCCCCCCOc1ccc(C#Cc2ccc(C(=O)C(=O)c3ccc(C#Cc4ccc(OCCCCCCCCCCCC)c(OCCCCCCCCCCCC)c4)cc3)cc2)cc1OCCCCCCCCCCCC. The van der Waals surface area contributed by atoms with E-state index in [0.717, 1.165) is 83.8 Å². The zero-order chi connectivity index (χ0) is 59.6. The van der Waals surface area contributed by atoms with E-state index in [2.05, 4.69) is 51.4 Å². The number of carbonyl (C=O) groups excluding carboxylic acids is 2. The number of Topliss-reactive ketones (excluding diaryl/α,β-unsaturated/α-hetero) is 2. The molecule has 0 atom stereocenters. The molecule has 84 heavy (non-hydrogen) atoms. The van der Waals surface area contributed by atoms with Gasteiger partial charge in [-0.3, -0.25) is 9.59 Å². The Bertz CT molecular complexity index is 2260. The van der Waals surface area contributed by atoms with Crippen molar-refractivity contribution in [3.05, 3.63) is 118 Å². The molecule has 4 aromatic carbocycles. The molecule has 0 aliphatic carbocycles. The predicted molar refractivity (Wildman–Crippen MR) is 356 cm³/mol. The lowest BCUT2D eigenvalue weighted by Gasteiger charge is -2.13. The number of rotatable bonds is 51. The summed E-state index contributed by atoms with van der Waals surface area (Å²) in [6.07, 6.45) is 51.3. The first-order valence-electron chi connectivity index (χ1n) is 34.6. The fraction of sp³-hybridized carbons (Fsp3) is 0.615. The fourth-order valence-electron chi connectivity index (χ4n) is 10.7. The van der Waals surface area contributed by atoms with Crippen LogP contribution in [0.15, 0.2) is 84.9 Å². The maximum Gasteiger partial charge on any atom is 0.233 e. The van der Waals surface area contributed by atoms with Crippen molar-refractivity contribution in [3.63, 3.8) is 0 Å². The average Bonchev–Trinajstić information content (AvgIpc) is 3.73. The fourth-order valence-corrected chi connectivity index (χ4v) is 10.7. The van der Waals surface area contributed by atoms with Crippen LogP contribution in [0.1, 0.15) is 327 Å². The molecule has 0 fully saturated rings. The van der Waals surface area contributed by atoms with Gasteiger partial charge in [-0.25, -0.2) is 0 Å². The molecule has 0 spiro atoms. The Morgan fingerprint density at radius 1 is 0.250 bits per heavy atom. The molecular weight excluding hydrogens is 1030 g/mol. The summed E-state index contributed by atoms with van der Waals surface area (Å²) >= 11 is 0. The molecule has 0 heterocycles. The van der Waals surface area contributed by atoms with E-state index in [0.29, 0.717) is 37.6 Å². The first-order chi connectivity index (χ1) is 41.4. The normalized spacial score (nSPS) is 11.0. The van der Waals surface area contributed by atoms with Crippen LogP contribution in [-0.2, 0) is 0 Å². The van der Waals surface area contributed by atoms with E-state index in [1.165, 1.54) is 218 Å². The number of hydrogen-bond donors (Lipinski definition) is 0. The Morgan fingerprint density at radius 2 is 0.452 bits per heavy atom. The molecule has 0 aromatic heterocycles. The van der Waals surface area contributed by atoms with Crippen molar-refractivity contribution in [3.8, 4) is 46.7 Å². The first kappa shape index (κ1) is 71.0. The van der Waals surface area contributed by atoms with Crippen LogP contribution in [0.2, 0.25) is 0 Å². The van der Waals surface area contributed by atoms with Crippen molar-refractivity contribution in [1.82, 2.24) is 0 Å². The molecule has 0 saturated heterocycles. The summed E-state index contributed by atoms with van der Waals surface area (Å²) in [5.74, 6) is 15.0. The van der Waals surface area contributed by atoms with Crippen molar-refractivity contribution in [2.75, 3.05) is 26.4 Å². The van der Waals surface area contributed by atoms with E-state index in [1.807, 2.05) is 36.4 Å². The van der Waals surface area contributed by atoms with Gasteiger partial charge in [0.1, 0.15) is 0 Å². The second-order valence-corrected chi connectivity index (χ2v) is 23.8. The van der Waals surface area contributed by atoms with Crippen molar-refractivity contribution in [1.29, 1.82) is 0 Å². The van der Waals surface area contributed by atoms with Gasteiger partial charge >= 0.3 is 0 Å². The molecule has 0 aliphatic rings. The van der Waals surface area contributed by atoms with Crippen molar-refractivity contribution >= 4 is 11.6 Å². The lowest BCUT2D eigenvalue weighted by molar-refractivity contribution is 0.0817. The van der Waals surface area contributed by atoms with Crippen molar-refractivity contribution < 1.29 is 28.5 Å². The number of carbonyl (C=O) groups is 2. The number of ketones is 2. The van der Waals surface area contributed by atoms with Crippen LogP contribution in [0, 0.1) is 23.7 Å². The van der Waals surface area contributed by atoms with Crippen LogP contribution in [0.3, 0.4) is 0 Å². The molecule has 4 rings (SSSR count). The third kappa shape index (κ3) is 33.3. The highest BCUT2D eigenvalue weighted by atomic mass is 16.5. The van der Waals surface area contributed by atoms with E-state index >= 15 is 0 Å². The Balaban J connectivity index is 1.31. The molecule has 0 bridgehead atoms. The zero-order valence-corrected chi connectivity index (χ0v) is 53.6. The Morgan fingerprint density at radius 3 is 0.702 bits per heavy atom. The summed E-state index contributed by atoms with van der Waals surface area (Å²) < 4.78 is 25.4. The van der Waals surface area contributed by atoms with Crippen LogP contribution in [0.4, 0.5) is 0 Å². The van der Waals surface area contributed by atoms with E-state index in [4.69, 9.17) is 18.9 Å². The molecular formula is C78H114O6. The minimum atomic E-state index is -0.563. The summed E-state index contributed by atoms with van der Waals surface area (Å²) in [6, 6.07) is 25.8. The van der Waals surface area contributed by atoms with Gasteiger partial charge in [0, 0.05) is 33.4 Å². The maximum atomic E-state index is 13.5. The zero-order valence-electron chi connectivity index (χ0n) is 53.6. The highest BCUT2D eigenvalue weighted by molar-refractivity contribution is 6.49. The van der Waals surface area contributed by atoms with Gasteiger partial charge in [-0.2, -0.15) is 0 Å². The van der Waals surface area contributed by atoms with E-state index in [9.17, 15) is 9.59 Å². The monoisotopic (exact) mass is 1150 g/mol. The molecule has 0 radical (unpaired) electrons. The van der Waals surface area contributed by atoms with Crippen LogP contribution >= 0.6 is 0 Å². The minimum Gasteiger partial charge on any atom is -0.490 e. The van der Waals surface area contributed by atoms with Gasteiger partial charge in [-0.1, -0.05) is 283 Å². The van der Waals surface area contributed by atoms with Crippen molar-refractivity contribution in [2.45, 2.75) is 285 Å². The summed E-state index contributed by atoms with van der Waals surface area (Å²) in [5, 5.41) is 0. The molecule has 462 valence electrons. The maximum absolute atomic E-state index is 13.5. The van der Waals surface area contributed by atoms with E-state index < -0.39 is 11.6 Å². The van der Waals surface area contributed by atoms with E-state index in [-0.39, 0.29) is 0 Å². The molecule has 4 aromatic rings. The highest BCUT2D eigenvalue weighted by Gasteiger charge is 2.18. The van der Waals surface area contributed by atoms with E-state index in [1.54, 1.807) is 48.5 Å². The lowest BCUT2D eigenvalue weighted by Crippen LogP contribution is -2.14. The average molecular weight is 1150 g/mol. The third-order valence-corrected chi connectivity index (χ3v) is 16.1. The van der Waals surface area contributed by atoms with Crippen LogP contribution in [-0.4, -0.2) is 38.0 Å². The highest BCUT2D eigenvalue weighted by Crippen LogP contribution is 2.31. The van der Waals surface area contributed by atoms with Crippen LogP contribution < -0.4 is 18.9 Å². The summed E-state index contributed by atoms with van der Waals surface area (Å²) in [7, 11) is 0. The van der Waals surface area contributed by atoms with Crippen molar-refractivity contribution in [2.24, 2.45) is 0 Å². The number of unbranched alkanes of at least 4 members (excludes halogenated alkanes) is 36. The van der Waals surface area contributed by atoms with Gasteiger partial charge < -0.3 is 18.9 Å². The second kappa shape index (κ2) is 48.7. The largest absolute Gasteiger partial charge is 0.490 e. The molecule has 0 unspecified atom stereocenters. The summed E-state index contributed by atoms with van der Waals surface area (Å²) in [6.45, 7) is 11.7. The Hall–Kier alpha value is -5.46. The van der Waals surface area contributed by atoms with Crippen LogP contribution in [0.5, 0.6) is 23.0 Å².